The fourth-order valence-corrected chi connectivity index (χ4v) is 1.64. The van der Waals surface area contributed by atoms with Crippen LogP contribution in [0.2, 0.25) is 0 Å². The Morgan fingerprint density at radius 2 is 2.07 bits per heavy atom. The third kappa shape index (κ3) is 1.50. The maximum Gasteiger partial charge on any atom is 0.449 e. The summed E-state index contributed by atoms with van der Waals surface area (Å²) in [5.41, 5.74) is 0.631. The van der Waals surface area contributed by atoms with Crippen LogP contribution in [0.5, 0.6) is 0 Å². The van der Waals surface area contributed by atoms with E-state index in [0.29, 0.717) is 25.3 Å². The molecule has 0 saturated heterocycles. The van der Waals surface area contributed by atoms with Crippen molar-refractivity contribution in [3.8, 4) is 0 Å². The maximum absolute atomic E-state index is 12.4. The number of hydrogen-bond acceptors (Lipinski definition) is 2. The third-order valence-electron chi connectivity index (χ3n) is 2.33. The SMILES string of the molecule is CN1CCn2c(cnc2C(F)(F)F)C1. The zero-order valence-electron chi connectivity index (χ0n) is 7.67. The first kappa shape index (κ1) is 9.51. The van der Waals surface area contributed by atoms with Crippen molar-refractivity contribution in [3.63, 3.8) is 0 Å². The summed E-state index contributed by atoms with van der Waals surface area (Å²) in [6.45, 7) is 1.52. The molecule has 0 atom stereocenters. The molecule has 1 aromatic heterocycles. The van der Waals surface area contributed by atoms with Crippen LogP contribution in [0.25, 0.3) is 0 Å². The van der Waals surface area contributed by atoms with Crippen molar-refractivity contribution in [2.24, 2.45) is 0 Å². The summed E-state index contributed by atoms with van der Waals surface area (Å²) in [6, 6.07) is 0. The summed E-state index contributed by atoms with van der Waals surface area (Å²) in [5, 5.41) is 0. The monoisotopic (exact) mass is 205 g/mol. The van der Waals surface area contributed by atoms with Gasteiger partial charge in [0.05, 0.1) is 11.9 Å². The van der Waals surface area contributed by atoms with Gasteiger partial charge in [0.25, 0.3) is 0 Å². The number of nitrogens with zero attached hydrogens (tertiary/aromatic N) is 3. The Balaban J connectivity index is 2.38. The first-order chi connectivity index (χ1) is 6.48. The summed E-state index contributed by atoms with van der Waals surface area (Å²) in [6.07, 6.45) is -3.04. The first-order valence-electron chi connectivity index (χ1n) is 4.28. The van der Waals surface area contributed by atoms with Gasteiger partial charge in [0.15, 0.2) is 0 Å². The molecular weight excluding hydrogens is 195 g/mol. The van der Waals surface area contributed by atoms with Crippen molar-refractivity contribution in [3.05, 3.63) is 17.7 Å². The molecule has 6 heteroatoms. The molecule has 14 heavy (non-hydrogen) atoms. The van der Waals surface area contributed by atoms with Crippen molar-refractivity contribution >= 4 is 0 Å². The first-order valence-corrected chi connectivity index (χ1v) is 4.28. The second-order valence-corrected chi connectivity index (χ2v) is 3.46. The number of fused-ring (bicyclic) bond motifs is 1. The number of aromatic nitrogens is 2. The molecule has 0 amide bonds. The zero-order chi connectivity index (χ0) is 10.3. The Kier molecular flexibility index (Phi) is 2.02. The minimum absolute atomic E-state index is 0.362. The molecule has 1 aliphatic heterocycles. The predicted octanol–water partition coefficient (Wildman–Crippen LogP) is 1.35. The van der Waals surface area contributed by atoms with Crippen molar-refractivity contribution < 1.29 is 13.2 Å². The van der Waals surface area contributed by atoms with Crippen molar-refractivity contribution in [2.45, 2.75) is 19.3 Å². The number of imidazole rings is 1. The van der Waals surface area contributed by atoms with Crippen LogP contribution in [0.3, 0.4) is 0 Å². The molecule has 0 radical (unpaired) electrons. The highest BCUT2D eigenvalue weighted by atomic mass is 19.4. The molecule has 0 aromatic carbocycles. The van der Waals surface area contributed by atoms with Gasteiger partial charge in [-0.05, 0) is 7.05 Å². The molecule has 1 aromatic rings. The number of hydrogen-bond donors (Lipinski definition) is 0. The van der Waals surface area contributed by atoms with E-state index in [2.05, 4.69) is 4.98 Å². The van der Waals surface area contributed by atoms with Gasteiger partial charge < -0.3 is 4.57 Å². The molecule has 0 fully saturated rings. The summed E-state index contributed by atoms with van der Waals surface area (Å²) >= 11 is 0. The van der Waals surface area contributed by atoms with Crippen LogP contribution in [0.4, 0.5) is 13.2 Å². The van der Waals surface area contributed by atoms with Gasteiger partial charge in [0, 0.05) is 19.6 Å². The van der Waals surface area contributed by atoms with Crippen LogP contribution in [0, 0.1) is 0 Å². The lowest BCUT2D eigenvalue weighted by molar-refractivity contribution is -0.147. The minimum atomic E-state index is -4.34. The molecule has 78 valence electrons. The van der Waals surface area contributed by atoms with E-state index in [-0.39, 0.29) is 0 Å². The predicted molar refractivity (Wildman–Crippen MR) is 43.6 cm³/mol. The number of alkyl halides is 3. The maximum atomic E-state index is 12.4. The second-order valence-electron chi connectivity index (χ2n) is 3.46. The Morgan fingerprint density at radius 3 is 2.71 bits per heavy atom. The van der Waals surface area contributed by atoms with E-state index in [4.69, 9.17) is 0 Å². The highest BCUT2D eigenvalue weighted by Crippen LogP contribution is 2.29. The minimum Gasteiger partial charge on any atom is -0.322 e. The number of rotatable bonds is 0. The fourth-order valence-electron chi connectivity index (χ4n) is 1.64. The number of halogens is 3. The molecule has 2 heterocycles. The molecule has 0 N–H and O–H groups in total. The molecule has 0 aliphatic carbocycles. The van der Waals surface area contributed by atoms with E-state index in [9.17, 15) is 13.2 Å². The van der Waals surface area contributed by atoms with Crippen LogP contribution >= 0.6 is 0 Å². The van der Waals surface area contributed by atoms with Crippen LogP contribution < -0.4 is 0 Å². The average molecular weight is 205 g/mol. The smallest absolute Gasteiger partial charge is 0.322 e. The quantitative estimate of drug-likeness (QED) is 0.637. The lowest BCUT2D eigenvalue weighted by Crippen LogP contribution is -2.32. The van der Waals surface area contributed by atoms with E-state index in [1.807, 2.05) is 11.9 Å². The van der Waals surface area contributed by atoms with Gasteiger partial charge in [-0.15, -0.1) is 0 Å². The fraction of sp³-hybridized carbons (Fsp3) is 0.625. The molecule has 0 bridgehead atoms. The third-order valence-corrected chi connectivity index (χ3v) is 2.33. The Bertz CT molecular complexity index is 342. The number of likely N-dealkylation sites (N-methyl/N-ethyl adjacent to an activating group) is 1. The molecule has 3 nitrogen and oxygen atoms in total. The Labute approximate surface area is 79.1 Å². The van der Waals surface area contributed by atoms with E-state index in [1.165, 1.54) is 10.8 Å². The molecule has 1 aliphatic rings. The normalized spacial score (nSPS) is 18.3. The van der Waals surface area contributed by atoms with E-state index >= 15 is 0 Å². The van der Waals surface area contributed by atoms with Gasteiger partial charge in [-0.2, -0.15) is 13.2 Å². The molecule has 0 spiro atoms. The van der Waals surface area contributed by atoms with Gasteiger partial charge in [-0.1, -0.05) is 0 Å². The standard InChI is InChI=1S/C8H10F3N3/c1-13-2-3-14-6(5-13)4-12-7(14)8(9,10)11/h4H,2-3,5H2,1H3. The zero-order valence-corrected chi connectivity index (χ0v) is 7.67. The van der Waals surface area contributed by atoms with Crippen molar-refractivity contribution in [2.75, 3.05) is 13.6 Å². The van der Waals surface area contributed by atoms with E-state index in [0.717, 1.165) is 0 Å². The molecule has 2 rings (SSSR count). The van der Waals surface area contributed by atoms with E-state index in [1.54, 1.807) is 0 Å². The Hall–Kier alpha value is -1.04. The van der Waals surface area contributed by atoms with Crippen LogP contribution in [0.1, 0.15) is 11.5 Å². The van der Waals surface area contributed by atoms with Gasteiger partial charge in [0.2, 0.25) is 5.82 Å². The molecule has 0 unspecified atom stereocenters. The Morgan fingerprint density at radius 1 is 1.36 bits per heavy atom. The van der Waals surface area contributed by atoms with Crippen LogP contribution in [0.15, 0.2) is 6.20 Å². The summed E-state index contributed by atoms with van der Waals surface area (Å²) in [7, 11) is 1.88. The average Bonchev–Trinajstić information content (AvgIpc) is 2.45. The second kappa shape index (κ2) is 2.98. The molecular formula is C8H10F3N3. The van der Waals surface area contributed by atoms with Crippen LogP contribution in [-0.2, 0) is 19.3 Å². The van der Waals surface area contributed by atoms with Gasteiger partial charge >= 0.3 is 6.18 Å². The highest BCUT2D eigenvalue weighted by Gasteiger charge is 2.37. The summed E-state index contributed by atoms with van der Waals surface area (Å²) in [4.78, 5) is 5.38. The highest BCUT2D eigenvalue weighted by molar-refractivity contribution is 5.09. The summed E-state index contributed by atoms with van der Waals surface area (Å²) in [5.74, 6) is -0.777. The lowest BCUT2D eigenvalue weighted by atomic mass is 10.3. The van der Waals surface area contributed by atoms with Crippen LogP contribution in [-0.4, -0.2) is 28.0 Å². The van der Waals surface area contributed by atoms with Gasteiger partial charge in [-0.3, -0.25) is 4.90 Å². The lowest BCUT2D eigenvalue weighted by Gasteiger charge is -2.25. The van der Waals surface area contributed by atoms with Gasteiger partial charge in [-0.25, -0.2) is 4.98 Å². The topological polar surface area (TPSA) is 21.1 Å². The molecule has 0 saturated carbocycles. The van der Waals surface area contributed by atoms with Gasteiger partial charge in [0.1, 0.15) is 0 Å². The van der Waals surface area contributed by atoms with Crippen molar-refractivity contribution in [1.29, 1.82) is 0 Å². The summed E-state index contributed by atoms with van der Waals surface area (Å²) < 4.78 is 38.5. The van der Waals surface area contributed by atoms with Crippen molar-refractivity contribution in [1.82, 2.24) is 14.5 Å². The largest absolute Gasteiger partial charge is 0.449 e. The van der Waals surface area contributed by atoms with E-state index < -0.39 is 12.0 Å².